The van der Waals surface area contributed by atoms with Gasteiger partial charge in [0.2, 0.25) is 6.79 Å². The van der Waals surface area contributed by atoms with Crippen LogP contribution in [0.2, 0.25) is 0 Å². The fraction of sp³-hybridized carbons (Fsp3) is 0.409. The number of carbonyl (C=O) groups excluding carboxylic acids is 3. The van der Waals surface area contributed by atoms with Crippen LogP contribution >= 0.6 is 0 Å². The van der Waals surface area contributed by atoms with Gasteiger partial charge in [-0.1, -0.05) is 0 Å². The van der Waals surface area contributed by atoms with E-state index in [4.69, 9.17) is 14.2 Å². The van der Waals surface area contributed by atoms with Crippen LogP contribution in [0.5, 0.6) is 11.5 Å². The summed E-state index contributed by atoms with van der Waals surface area (Å²) in [6, 6.07) is 4.96. The van der Waals surface area contributed by atoms with Crippen LogP contribution in [0.1, 0.15) is 56.3 Å². The number of hydrogen-bond donors (Lipinski definition) is 0. The molecule has 2 heterocycles. The molecule has 0 bridgehead atoms. The van der Waals surface area contributed by atoms with Gasteiger partial charge in [-0.3, -0.25) is 9.59 Å². The van der Waals surface area contributed by atoms with E-state index in [2.05, 4.69) is 0 Å². The van der Waals surface area contributed by atoms with Gasteiger partial charge in [-0.2, -0.15) is 0 Å². The average molecular weight is 414 g/mol. The third kappa shape index (κ3) is 3.65. The number of likely N-dealkylation sites (N-methyl/N-ethyl adjacent to an activating group) is 1. The number of carbonyl (C=O) groups is 3. The lowest BCUT2D eigenvalue weighted by atomic mass is 10.0. The number of amides is 1. The maximum atomic E-state index is 13.2. The summed E-state index contributed by atoms with van der Waals surface area (Å²) in [4.78, 5) is 39.9. The molecule has 0 radical (unpaired) electrons. The second-order valence-electron chi connectivity index (χ2n) is 6.98. The van der Waals surface area contributed by atoms with E-state index < -0.39 is 5.97 Å². The zero-order valence-corrected chi connectivity index (χ0v) is 17.9. The monoisotopic (exact) mass is 414 g/mol. The summed E-state index contributed by atoms with van der Waals surface area (Å²) in [7, 11) is 1.31. The molecule has 0 fully saturated rings. The molecule has 0 aliphatic carbocycles. The zero-order chi connectivity index (χ0) is 22.0. The molecule has 0 spiro atoms. The minimum Gasteiger partial charge on any atom is -0.464 e. The number of ether oxygens (including phenoxy) is 3. The summed E-state index contributed by atoms with van der Waals surface area (Å²) in [6.07, 6.45) is 0. The summed E-state index contributed by atoms with van der Waals surface area (Å²) in [5, 5.41) is 0. The molecule has 1 aliphatic heterocycles. The third-order valence-electron chi connectivity index (χ3n) is 5.36. The van der Waals surface area contributed by atoms with Crippen LogP contribution in [0.3, 0.4) is 0 Å². The van der Waals surface area contributed by atoms with Gasteiger partial charge in [-0.15, -0.1) is 0 Å². The summed E-state index contributed by atoms with van der Waals surface area (Å²) in [6.45, 7) is 8.15. The molecule has 0 N–H and O–H groups in total. The van der Waals surface area contributed by atoms with Crippen molar-refractivity contribution < 1.29 is 28.6 Å². The van der Waals surface area contributed by atoms with E-state index in [9.17, 15) is 14.4 Å². The fourth-order valence-electron chi connectivity index (χ4n) is 3.85. The van der Waals surface area contributed by atoms with E-state index in [1.165, 1.54) is 12.0 Å². The first-order valence-corrected chi connectivity index (χ1v) is 9.84. The second kappa shape index (κ2) is 8.61. The molecule has 1 aromatic carbocycles. The van der Waals surface area contributed by atoms with E-state index >= 15 is 0 Å². The Morgan fingerprint density at radius 2 is 1.83 bits per heavy atom. The summed E-state index contributed by atoms with van der Waals surface area (Å²) >= 11 is 0. The van der Waals surface area contributed by atoms with Gasteiger partial charge < -0.3 is 23.7 Å². The SMILES string of the molecule is CCN(CC(=O)c1c(C)c(C(=O)OC)n(CC)c1C)C(=O)c1ccc2c(c1)OCO2. The van der Waals surface area contributed by atoms with Gasteiger partial charge in [0.05, 0.1) is 13.7 Å². The van der Waals surface area contributed by atoms with Crippen molar-refractivity contribution in [3.63, 3.8) is 0 Å². The minimum absolute atomic E-state index is 0.0974. The minimum atomic E-state index is -0.486. The first-order valence-electron chi connectivity index (χ1n) is 9.84. The molecule has 1 aliphatic rings. The number of benzene rings is 1. The van der Waals surface area contributed by atoms with Crippen LogP contribution in [-0.4, -0.2) is 54.1 Å². The second-order valence-corrected chi connectivity index (χ2v) is 6.98. The predicted octanol–water partition coefficient (Wildman–Crippen LogP) is 2.99. The maximum Gasteiger partial charge on any atom is 0.354 e. The van der Waals surface area contributed by atoms with Crippen LogP contribution in [0.4, 0.5) is 0 Å². The molecule has 0 saturated carbocycles. The van der Waals surface area contributed by atoms with Gasteiger partial charge in [-0.25, -0.2) is 4.79 Å². The van der Waals surface area contributed by atoms with E-state index in [0.717, 1.165) is 0 Å². The lowest BCUT2D eigenvalue weighted by Crippen LogP contribution is -2.35. The zero-order valence-electron chi connectivity index (χ0n) is 17.9. The first kappa shape index (κ1) is 21.4. The van der Waals surface area contributed by atoms with E-state index in [1.54, 1.807) is 36.6 Å². The Hall–Kier alpha value is -3.29. The smallest absolute Gasteiger partial charge is 0.354 e. The van der Waals surface area contributed by atoms with Crippen molar-refractivity contribution in [3.05, 3.63) is 46.3 Å². The fourth-order valence-corrected chi connectivity index (χ4v) is 3.85. The van der Waals surface area contributed by atoms with Crippen molar-refractivity contribution >= 4 is 17.7 Å². The topological polar surface area (TPSA) is 87.1 Å². The van der Waals surface area contributed by atoms with Gasteiger partial charge in [0, 0.05) is 29.9 Å². The molecule has 0 unspecified atom stereocenters. The number of fused-ring (bicyclic) bond motifs is 1. The van der Waals surface area contributed by atoms with Crippen molar-refractivity contribution in [3.8, 4) is 11.5 Å². The van der Waals surface area contributed by atoms with Crippen LogP contribution < -0.4 is 9.47 Å². The number of rotatable bonds is 7. The molecule has 8 heteroatoms. The molecule has 8 nitrogen and oxygen atoms in total. The van der Waals surface area contributed by atoms with Crippen LogP contribution in [0.15, 0.2) is 18.2 Å². The number of nitrogens with zero attached hydrogens (tertiary/aromatic N) is 2. The number of esters is 1. The maximum absolute atomic E-state index is 13.2. The predicted molar refractivity (Wildman–Crippen MR) is 109 cm³/mol. The van der Waals surface area contributed by atoms with Crippen LogP contribution in [0, 0.1) is 13.8 Å². The Morgan fingerprint density at radius 3 is 2.47 bits per heavy atom. The normalized spacial score (nSPS) is 12.0. The van der Waals surface area contributed by atoms with Gasteiger partial charge in [0.1, 0.15) is 5.69 Å². The lowest BCUT2D eigenvalue weighted by molar-refractivity contribution is 0.0587. The standard InChI is InChI=1S/C22H26N2O6/c1-6-23(21(26)15-8-9-17-18(10-15)30-12-29-17)11-16(25)19-13(3)20(22(27)28-5)24(7-2)14(19)4/h8-10H,6-7,11-12H2,1-5H3. The number of aromatic nitrogens is 1. The van der Waals surface area contributed by atoms with Crippen LogP contribution in [0.25, 0.3) is 0 Å². The highest BCUT2D eigenvalue weighted by Gasteiger charge is 2.28. The van der Waals surface area contributed by atoms with Crippen molar-refractivity contribution in [1.82, 2.24) is 9.47 Å². The molecule has 160 valence electrons. The molecular formula is C22H26N2O6. The molecule has 30 heavy (non-hydrogen) atoms. The van der Waals surface area contributed by atoms with Gasteiger partial charge in [0.15, 0.2) is 17.3 Å². The van der Waals surface area contributed by atoms with Gasteiger partial charge >= 0.3 is 5.97 Å². The molecule has 1 amide bonds. The van der Waals surface area contributed by atoms with Crippen molar-refractivity contribution in [2.45, 2.75) is 34.2 Å². The van der Waals surface area contributed by atoms with Gasteiger partial charge in [0.25, 0.3) is 5.91 Å². The highest BCUT2D eigenvalue weighted by atomic mass is 16.7. The van der Waals surface area contributed by atoms with Crippen molar-refractivity contribution in [2.24, 2.45) is 0 Å². The highest BCUT2D eigenvalue weighted by Crippen LogP contribution is 2.33. The Bertz CT molecular complexity index is 1010. The summed E-state index contributed by atoms with van der Waals surface area (Å²) in [5.41, 5.74) is 2.49. The van der Waals surface area contributed by atoms with Crippen LogP contribution in [-0.2, 0) is 11.3 Å². The number of methoxy groups -OCH3 is 1. The molecular weight excluding hydrogens is 388 g/mol. The summed E-state index contributed by atoms with van der Waals surface area (Å²) < 4.78 is 17.3. The quantitative estimate of drug-likeness (QED) is 0.511. The third-order valence-corrected chi connectivity index (χ3v) is 5.36. The van der Waals surface area contributed by atoms with Crippen molar-refractivity contribution in [1.29, 1.82) is 0 Å². The number of ketones is 1. The number of hydrogen-bond acceptors (Lipinski definition) is 6. The van der Waals surface area contributed by atoms with Crippen molar-refractivity contribution in [2.75, 3.05) is 27.0 Å². The Labute approximate surface area is 175 Å². The largest absolute Gasteiger partial charge is 0.464 e. The Morgan fingerprint density at radius 1 is 1.13 bits per heavy atom. The molecule has 2 aromatic rings. The Balaban J connectivity index is 1.88. The first-order chi connectivity index (χ1) is 14.3. The van der Waals surface area contributed by atoms with Gasteiger partial charge in [-0.05, 0) is 51.5 Å². The van der Waals surface area contributed by atoms with E-state index in [1.807, 2.05) is 13.8 Å². The highest BCUT2D eigenvalue weighted by molar-refractivity contribution is 6.06. The lowest BCUT2D eigenvalue weighted by Gasteiger charge is -2.20. The molecule has 0 saturated heterocycles. The summed E-state index contributed by atoms with van der Waals surface area (Å²) in [5.74, 6) is 0.118. The van der Waals surface area contributed by atoms with E-state index in [-0.39, 0.29) is 25.0 Å². The molecule has 0 atom stereocenters. The molecule has 1 aromatic heterocycles. The number of Topliss-reactive ketones (excluding diaryl/α,β-unsaturated/α-hetero) is 1. The molecule has 3 rings (SSSR count). The Kier molecular flexibility index (Phi) is 6.14. The van der Waals surface area contributed by atoms with E-state index in [0.29, 0.717) is 52.7 Å². The average Bonchev–Trinajstić information content (AvgIpc) is 3.31.